The fourth-order valence-electron chi connectivity index (χ4n) is 3.82. The zero-order chi connectivity index (χ0) is 18.4. The lowest BCUT2D eigenvalue weighted by Gasteiger charge is -2.29. The summed E-state index contributed by atoms with van der Waals surface area (Å²) in [5.74, 6) is 0.202. The van der Waals surface area contributed by atoms with Gasteiger partial charge in [0, 0.05) is 28.4 Å². The van der Waals surface area contributed by atoms with Gasteiger partial charge >= 0.3 is 0 Å². The molecule has 138 valence electrons. The molecule has 4 nitrogen and oxygen atoms in total. The van der Waals surface area contributed by atoms with E-state index in [1.54, 1.807) is 29.1 Å². The smallest absolute Gasteiger partial charge is 0.173 e. The molecule has 0 saturated carbocycles. The lowest BCUT2D eigenvalue weighted by Crippen LogP contribution is -2.37. The number of halogens is 1. The molecule has 1 aliphatic heterocycles. The Morgan fingerprint density at radius 3 is 3.04 bits per heavy atom. The minimum atomic E-state index is -0.306. The molecule has 0 aliphatic carbocycles. The van der Waals surface area contributed by atoms with Crippen molar-refractivity contribution in [1.82, 2.24) is 15.3 Å². The number of hydrogen-bond donors (Lipinski definition) is 2. The van der Waals surface area contributed by atoms with E-state index >= 15 is 0 Å². The average molecular weight is 399 g/mol. The molecule has 0 bridgehead atoms. The van der Waals surface area contributed by atoms with Crippen molar-refractivity contribution >= 4 is 54.5 Å². The van der Waals surface area contributed by atoms with Gasteiger partial charge in [-0.2, -0.15) is 0 Å². The summed E-state index contributed by atoms with van der Waals surface area (Å²) in [6.07, 6.45) is 4.17. The summed E-state index contributed by atoms with van der Waals surface area (Å²) in [7, 11) is 0. The maximum Gasteiger partial charge on any atom is 0.173 e. The van der Waals surface area contributed by atoms with E-state index in [2.05, 4.69) is 33.6 Å². The number of benzene rings is 1. The van der Waals surface area contributed by atoms with E-state index in [0.29, 0.717) is 23.2 Å². The molecule has 0 radical (unpaired) electrons. The Morgan fingerprint density at radius 2 is 2.15 bits per heavy atom. The fourth-order valence-corrected chi connectivity index (χ4v) is 5.76. The van der Waals surface area contributed by atoms with Crippen LogP contribution in [0.3, 0.4) is 0 Å². The Balaban J connectivity index is 1.53. The Hall–Kier alpha value is -2.09. The first-order valence-corrected chi connectivity index (χ1v) is 10.8. The van der Waals surface area contributed by atoms with Crippen molar-refractivity contribution < 1.29 is 4.39 Å². The van der Waals surface area contributed by atoms with Crippen LogP contribution in [0.2, 0.25) is 0 Å². The molecule has 1 saturated heterocycles. The summed E-state index contributed by atoms with van der Waals surface area (Å²) < 4.78 is 15.7. The summed E-state index contributed by atoms with van der Waals surface area (Å²) in [6.45, 7) is 3.34. The summed E-state index contributed by atoms with van der Waals surface area (Å²) in [5, 5.41) is 7.88. The van der Waals surface area contributed by atoms with Crippen molar-refractivity contribution in [3.63, 3.8) is 0 Å². The normalized spacial score (nSPS) is 20.4. The molecule has 1 aromatic carbocycles. The zero-order valence-corrected chi connectivity index (χ0v) is 16.5. The summed E-state index contributed by atoms with van der Waals surface area (Å²) >= 11 is 3.19. The van der Waals surface area contributed by atoms with Gasteiger partial charge in [0.05, 0.1) is 21.6 Å². The van der Waals surface area contributed by atoms with Crippen molar-refractivity contribution in [3.8, 4) is 0 Å². The monoisotopic (exact) mass is 398 g/mol. The van der Waals surface area contributed by atoms with Gasteiger partial charge in [0.2, 0.25) is 0 Å². The van der Waals surface area contributed by atoms with E-state index in [0.717, 1.165) is 27.1 Å². The number of nitrogens with one attached hydrogen (secondary N) is 2. The standard InChI is InChI=1S/C20H19FN4S2/c1-11-12(3-2-7-22-11)17-9-13-14(6-8-23-20(13)27-17)25-15-4-5-16-19(18(15)21)24-10-26-16/h4-6,8-12,22H,2-3,7H2,1H3,(H,23,25)/t11-,12?/m0/s1. The number of rotatable bonds is 3. The van der Waals surface area contributed by atoms with Crippen LogP contribution in [0.1, 0.15) is 30.6 Å². The summed E-state index contributed by atoms with van der Waals surface area (Å²) in [5.41, 5.74) is 3.42. The SMILES string of the molecule is C[C@@H]1NCCCC1c1cc2c(Nc3ccc4scnc4c3F)ccnc2s1. The average Bonchev–Trinajstić information content (AvgIpc) is 3.32. The fraction of sp³-hybridized carbons (Fsp3) is 0.300. The molecule has 0 spiro atoms. The highest BCUT2D eigenvalue weighted by Crippen LogP contribution is 2.39. The molecule has 1 unspecified atom stereocenters. The molecule has 1 aliphatic rings. The van der Waals surface area contributed by atoms with Gasteiger partial charge in [0.25, 0.3) is 0 Å². The molecule has 2 N–H and O–H groups in total. The highest BCUT2D eigenvalue weighted by molar-refractivity contribution is 7.18. The van der Waals surface area contributed by atoms with Crippen LogP contribution in [0.15, 0.2) is 36.0 Å². The zero-order valence-electron chi connectivity index (χ0n) is 14.8. The van der Waals surface area contributed by atoms with Crippen LogP contribution in [0.25, 0.3) is 20.4 Å². The number of aromatic nitrogens is 2. The van der Waals surface area contributed by atoms with Gasteiger partial charge in [-0.3, -0.25) is 0 Å². The van der Waals surface area contributed by atoms with Gasteiger partial charge in [-0.1, -0.05) is 0 Å². The number of anilines is 2. The third-order valence-electron chi connectivity index (χ3n) is 5.29. The Labute approximate surface area is 164 Å². The molecule has 0 amide bonds. The second-order valence-corrected chi connectivity index (χ2v) is 8.92. The van der Waals surface area contributed by atoms with Crippen LogP contribution in [0, 0.1) is 5.82 Å². The highest BCUT2D eigenvalue weighted by Gasteiger charge is 2.25. The van der Waals surface area contributed by atoms with Crippen LogP contribution in [0.5, 0.6) is 0 Å². The lowest BCUT2D eigenvalue weighted by molar-refractivity contribution is 0.375. The van der Waals surface area contributed by atoms with Gasteiger partial charge in [-0.15, -0.1) is 22.7 Å². The minimum Gasteiger partial charge on any atom is -0.352 e. The van der Waals surface area contributed by atoms with Crippen LogP contribution in [-0.2, 0) is 0 Å². The van der Waals surface area contributed by atoms with Gasteiger partial charge in [-0.25, -0.2) is 14.4 Å². The second-order valence-electron chi connectivity index (χ2n) is 6.97. The van der Waals surface area contributed by atoms with Crippen LogP contribution < -0.4 is 10.6 Å². The predicted molar refractivity (Wildman–Crippen MR) is 112 cm³/mol. The van der Waals surface area contributed by atoms with Gasteiger partial charge in [0.1, 0.15) is 10.3 Å². The van der Waals surface area contributed by atoms with Crippen molar-refractivity contribution in [1.29, 1.82) is 0 Å². The molecule has 2 atom stereocenters. The first-order valence-electron chi connectivity index (χ1n) is 9.11. The minimum absolute atomic E-state index is 0.306. The first kappa shape index (κ1) is 17.0. The quantitative estimate of drug-likeness (QED) is 0.469. The molecule has 7 heteroatoms. The maximum absolute atomic E-state index is 14.8. The topological polar surface area (TPSA) is 49.8 Å². The van der Waals surface area contributed by atoms with Crippen molar-refractivity contribution in [2.45, 2.75) is 31.7 Å². The predicted octanol–water partition coefficient (Wildman–Crippen LogP) is 5.64. The maximum atomic E-state index is 14.8. The number of thiazole rings is 1. The van der Waals surface area contributed by atoms with E-state index in [4.69, 9.17) is 0 Å². The Kier molecular flexibility index (Phi) is 4.30. The Bertz CT molecular complexity index is 1120. The largest absolute Gasteiger partial charge is 0.352 e. The van der Waals surface area contributed by atoms with Gasteiger partial charge < -0.3 is 10.6 Å². The number of nitrogens with zero attached hydrogens (tertiary/aromatic N) is 2. The van der Waals surface area contributed by atoms with Crippen molar-refractivity contribution in [2.75, 3.05) is 11.9 Å². The van der Waals surface area contributed by atoms with Gasteiger partial charge in [-0.05, 0) is 50.6 Å². The van der Waals surface area contributed by atoms with E-state index in [-0.39, 0.29) is 5.82 Å². The third-order valence-corrected chi connectivity index (χ3v) is 7.26. The number of pyridine rings is 1. The molecule has 5 rings (SSSR count). The van der Waals surface area contributed by atoms with Crippen LogP contribution in [0.4, 0.5) is 15.8 Å². The lowest BCUT2D eigenvalue weighted by atomic mass is 9.90. The highest BCUT2D eigenvalue weighted by atomic mass is 32.1. The molecule has 1 fully saturated rings. The third kappa shape index (κ3) is 2.99. The number of hydrogen-bond acceptors (Lipinski definition) is 6. The number of thiophene rings is 1. The summed E-state index contributed by atoms with van der Waals surface area (Å²) in [4.78, 5) is 11.0. The Morgan fingerprint density at radius 1 is 1.22 bits per heavy atom. The van der Waals surface area contributed by atoms with E-state index < -0.39 is 0 Å². The molecule has 4 aromatic rings. The first-order chi connectivity index (χ1) is 13.2. The van der Waals surface area contributed by atoms with E-state index in [1.165, 1.54) is 29.1 Å². The molecular weight excluding hydrogens is 379 g/mol. The van der Waals surface area contributed by atoms with E-state index in [1.807, 2.05) is 12.1 Å². The molecular formula is C20H19FN4S2. The van der Waals surface area contributed by atoms with Crippen LogP contribution in [-0.4, -0.2) is 22.6 Å². The molecule has 27 heavy (non-hydrogen) atoms. The van der Waals surface area contributed by atoms with E-state index in [9.17, 15) is 4.39 Å². The number of fused-ring (bicyclic) bond motifs is 2. The van der Waals surface area contributed by atoms with Crippen LogP contribution >= 0.6 is 22.7 Å². The second kappa shape index (κ2) is 6.82. The molecule has 3 aromatic heterocycles. The van der Waals surface area contributed by atoms with Crippen molar-refractivity contribution in [2.24, 2.45) is 0 Å². The van der Waals surface area contributed by atoms with Crippen molar-refractivity contribution in [3.05, 3.63) is 46.7 Å². The molecule has 4 heterocycles. The summed E-state index contributed by atoms with van der Waals surface area (Å²) in [6, 6.07) is 8.29. The van der Waals surface area contributed by atoms with Gasteiger partial charge in [0.15, 0.2) is 5.82 Å². The number of piperidine rings is 1.